The maximum atomic E-state index is 15.0. The third kappa shape index (κ3) is 8.24. The first kappa shape index (κ1) is 32.7. The van der Waals surface area contributed by atoms with Crippen LogP contribution in [0.4, 0.5) is 10.1 Å². The zero-order valence-electron chi connectivity index (χ0n) is 24.6. The van der Waals surface area contributed by atoms with E-state index in [2.05, 4.69) is 5.32 Å². The van der Waals surface area contributed by atoms with Crippen molar-refractivity contribution < 1.29 is 22.4 Å². The predicted molar refractivity (Wildman–Crippen MR) is 171 cm³/mol. The molecule has 1 atom stereocenters. The molecule has 10 heteroatoms. The number of carbonyl (C=O) groups is 2. The molecule has 7 nitrogen and oxygen atoms in total. The summed E-state index contributed by atoms with van der Waals surface area (Å²) < 4.78 is 43.9. The quantitative estimate of drug-likeness (QED) is 0.193. The minimum atomic E-state index is -4.29. The van der Waals surface area contributed by atoms with Gasteiger partial charge in [-0.2, -0.15) is 0 Å². The van der Waals surface area contributed by atoms with E-state index < -0.39 is 40.2 Å². The summed E-state index contributed by atoms with van der Waals surface area (Å²) in [7, 11) is -4.29. The standard InChI is InChI=1S/C34H35ClFN3O4S/c1-25(2)22-37-34(41)32(21-26-13-5-3-6-14-26)38(23-27-15-9-11-19-30(27)36)33(40)24-39(31-20-12-10-18-29(31)35)44(42,43)28-16-7-4-8-17-28/h3-20,25,32H,21-24H2,1-2H3,(H,37,41)/t32-/m0/s1. The van der Waals surface area contributed by atoms with Crippen molar-refractivity contribution >= 4 is 39.1 Å². The molecule has 44 heavy (non-hydrogen) atoms. The average molecular weight is 636 g/mol. The highest BCUT2D eigenvalue weighted by Crippen LogP contribution is 2.31. The molecule has 0 aliphatic rings. The van der Waals surface area contributed by atoms with Gasteiger partial charge < -0.3 is 10.2 Å². The summed E-state index contributed by atoms with van der Waals surface area (Å²) in [6.07, 6.45) is 0.127. The number of halogens is 2. The van der Waals surface area contributed by atoms with Gasteiger partial charge in [0.15, 0.2) is 0 Å². The van der Waals surface area contributed by atoms with E-state index in [4.69, 9.17) is 11.6 Å². The van der Waals surface area contributed by atoms with Crippen LogP contribution in [0.2, 0.25) is 5.02 Å². The SMILES string of the molecule is CC(C)CNC(=O)[C@H](Cc1ccccc1)N(Cc1ccccc1F)C(=O)CN(c1ccccc1Cl)S(=O)(=O)c1ccccc1. The van der Waals surface area contributed by atoms with E-state index in [1.165, 1.54) is 47.4 Å². The second-order valence-electron chi connectivity index (χ2n) is 10.7. The zero-order valence-corrected chi connectivity index (χ0v) is 26.1. The van der Waals surface area contributed by atoms with Crippen molar-refractivity contribution in [2.75, 3.05) is 17.4 Å². The smallest absolute Gasteiger partial charge is 0.264 e. The summed E-state index contributed by atoms with van der Waals surface area (Å²) in [5, 5.41) is 3.03. The molecule has 1 N–H and O–H groups in total. The molecule has 4 rings (SSSR count). The number of benzene rings is 4. The van der Waals surface area contributed by atoms with E-state index in [1.807, 2.05) is 44.2 Å². The number of nitrogens with one attached hydrogen (secondary N) is 1. The number of sulfonamides is 1. The largest absolute Gasteiger partial charge is 0.354 e. The highest BCUT2D eigenvalue weighted by molar-refractivity contribution is 7.92. The molecule has 0 unspecified atom stereocenters. The molecule has 4 aromatic rings. The second-order valence-corrected chi connectivity index (χ2v) is 13.0. The van der Waals surface area contributed by atoms with Crippen LogP contribution in [-0.2, 0) is 32.6 Å². The fraction of sp³-hybridized carbons (Fsp3) is 0.235. The average Bonchev–Trinajstić information content (AvgIpc) is 3.02. The van der Waals surface area contributed by atoms with Gasteiger partial charge in [-0.25, -0.2) is 12.8 Å². The lowest BCUT2D eigenvalue weighted by Gasteiger charge is -2.34. The van der Waals surface area contributed by atoms with Crippen molar-refractivity contribution in [3.63, 3.8) is 0 Å². The van der Waals surface area contributed by atoms with Crippen molar-refractivity contribution in [3.8, 4) is 0 Å². The number of hydrogen-bond acceptors (Lipinski definition) is 4. The van der Waals surface area contributed by atoms with Crippen molar-refractivity contribution in [1.29, 1.82) is 0 Å². The summed E-state index contributed by atoms with van der Waals surface area (Å²) in [4.78, 5) is 29.3. The van der Waals surface area contributed by atoms with E-state index in [0.717, 1.165) is 9.87 Å². The topological polar surface area (TPSA) is 86.8 Å². The second kappa shape index (κ2) is 15.0. The van der Waals surface area contributed by atoms with Gasteiger partial charge in [-0.15, -0.1) is 0 Å². The first-order chi connectivity index (χ1) is 21.1. The predicted octanol–water partition coefficient (Wildman–Crippen LogP) is 6.09. The van der Waals surface area contributed by atoms with Crippen LogP contribution in [0.25, 0.3) is 0 Å². The lowest BCUT2D eigenvalue weighted by atomic mass is 10.0. The first-order valence-corrected chi connectivity index (χ1v) is 16.1. The van der Waals surface area contributed by atoms with Crippen LogP contribution in [0.1, 0.15) is 25.0 Å². The maximum Gasteiger partial charge on any atom is 0.264 e. The van der Waals surface area contributed by atoms with Gasteiger partial charge in [0, 0.05) is 25.1 Å². The Morgan fingerprint density at radius 2 is 1.43 bits per heavy atom. The molecule has 0 spiro atoms. The van der Waals surface area contributed by atoms with Crippen LogP contribution in [0.3, 0.4) is 0 Å². The number of rotatable bonds is 13. The van der Waals surface area contributed by atoms with Crippen molar-refractivity contribution in [3.05, 3.63) is 131 Å². The molecule has 230 valence electrons. The minimum absolute atomic E-state index is 0.0381. The molecule has 0 aromatic heterocycles. The summed E-state index contributed by atoms with van der Waals surface area (Å²) >= 11 is 6.47. The van der Waals surface area contributed by atoms with Crippen LogP contribution in [0.15, 0.2) is 114 Å². The molecule has 0 bridgehead atoms. The van der Waals surface area contributed by atoms with Gasteiger partial charge in [-0.05, 0) is 41.8 Å². The molecule has 0 fully saturated rings. The molecular weight excluding hydrogens is 601 g/mol. The lowest BCUT2D eigenvalue weighted by Crippen LogP contribution is -2.53. The minimum Gasteiger partial charge on any atom is -0.354 e. The van der Waals surface area contributed by atoms with Crippen molar-refractivity contribution in [2.45, 2.75) is 37.8 Å². The highest BCUT2D eigenvalue weighted by Gasteiger charge is 2.35. The number of anilines is 1. The number of para-hydroxylation sites is 1. The third-order valence-corrected chi connectivity index (χ3v) is 9.08. The summed E-state index contributed by atoms with van der Waals surface area (Å²) in [6.45, 7) is 3.31. The highest BCUT2D eigenvalue weighted by atomic mass is 35.5. The molecule has 0 radical (unpaired) electrons. The molecular formula is C34H35ClFN3O4S. The molecule has 4 aromatic carbocycles. The first-order valence-electron chi connectivity index (χ1n) is 14.2. The molecule has 2 amide bonds. The summed E-state index contributed by atoms with van der Waals surface area (Å²) in [5.41, 5.74) is 1.07. The fourth-order valence-electron chi connectivity index (χ4n) is 4.67. The molecule has 0 aliphatic heterocycles. The van der Waals surface area contributed by atoms with Gasteiger partial charge in [-0.3, -0.25) is 13.9 Å². The number of amides is 2. The number of nitrogens with zero attached hydrogens (tertiary/aromatic N) is 2. The maximum absolute atomic E-state index is 15.0. The van der Waals surface area contributed by atoms with Crippen LogP contribution < -0.4 is 9.62 Å². The van der Waals surface area contributed by atoms with E-state index in [-0.39, 0.29) is 40.1 Å². The molecule has 0 saturated carbocycles. The van der Waals surface area contributed by atoms with Gasteiger partial charge in [0.2, 0.25) is 11.8 Å². The fourth-order valence-corrected chi connectivity index (χ4v) is 6.42. The van der Waals surface area contributed by atoms with E-state index in [9.17, 15) is 22.4 Å². The molecule has 0 saturated heterocycles. The monoisotopic (exact) mass is 635 g/mol. The number of hydrogen-bond donors (Lipinski definition) is 1. The lowest BCUT2D eigenvalue weighted by molar-refractivity contribution is -0.140. The van der Waals surface area contributed by atoms with Gasteiger partial charge in [0.1, 0.15) is 18.4 Å². The van der Waals surface area contributed by atoms with Crippen molar-refractivity contribution in [1.82, 2.24) is 10.2 Å². The van der Waals surface area contributed by atoms with Gasteiger partial charge in [0.25, 0.3) is 10.0 Å². The van der Waals surface area contributed by atoms with Crippen molar-refractivity contribution in [2.24, 2.45) is 5.92 Å². The Labute approximate surface area is 263 Å². The van der Waals surface area contributed by atoms with Crippen LogP contribution >= 0.6 is 11.6 Å². The van der Waals surface area contributed by atoms with E-state index in [1.54, 1.807) is 36.4 Å². The van der Waals surface area contributed by atoms with Crippen LogP contribution in [0.5, 0.6) is 0 Å². The molecule has 0 heterocycles. The van der Waals surface area contributed by atoms with E-state index in [0.29, 0.717) is 6.54 Å². The Hall–Kier alpha value is -4.21. The summed E-state index contributed by atoms with van der Waals surface area (Å²) in [5.74, 6) is -1.54. The Morgan fingerprint density at radius 3 is 2.07 bits per heavy atom. The normalized spacial score (nSPS) is 12.0. The Kier molecular flexibility index (Phi) is 11.1. The van der Waals surface area contributed by atoms with E-state index >= 15 is 0 Å². The van der Waals surface area contributed by atoms with Gasteiger partial charge in [0.05, 0.1) is 15.6 Å². The molecule has 0 aliphatic carbocycles. The Morgan fingerprint density at radius 1 is 0.841 bits per heavy atom. The Balaban J connectivity index is 1.81. The zero-order chi connectivity index (χ0) is 31.7. The summed E-state index contributed by atoms with van der Waals surface area (Å²) in [6, 6.07) is 28.1. The van der Waals surface area contributed by atoms with Crippen LogP contribution in [-0.4, -0.2) is 44.3 Å². The Bertz CT molecular complexity index is 1670. The van der Waals surface area contributed by atoms with Gasteiger partial charge >= 0.3 is 0 Å². The van der Waals surface area contributed by atoms with Crippen LogP contribution in [0, 0.1) is 11.7 Å². The van der Waals surface area contributed by atoms with Gasteiger partial charge in [-0.1, -0.05) is 104 Å². The third-order valence-electron chi connectivity index (χ3n) is 6.99. The number of carbonyl (C=O) groups excluding carboxylic acids is 2.